The molecule has 0 bridgehead atoms. The predicted octanol–water partition coefficient (Wildman–Crippen LogP) is 0.343. The molecule has 5 heteroatoms. The van der Waals surface area contributed by atoms with Gasteiger partial charge in [0.2, 0.25) is 0 Å². The Morgan fingerprint density at radius 1 is 1.36 bits per heavy atom. The molecular weight excluding hydrogens is 157 g/mol. The lowest BCUT2D eigenvalue weighted by molar-refractivity contribution is -0.178. The van der Waals surface area contributed by atoms with Gasteiger partial charge in [0.25, 0.3) is 0 Å². The highest BCUT2D eigenvalue weighted by atomic mass is 19.4. The lowest BCUT2D eigenvalue weighted by atomic mass is 9.96. The van der Waals surface area contributed by atoms with Crippen LogP contribution in [0.3, 0.4) is 0 Å². The SMILES string of the molecule is NC[C@H]1CNC[C@@H]1C(F)(F)F. The van der Waals surface area contributed by atoms with Crippen molar-refractivity contribution in [1.82, 2.24) is 5.32 Å². The van der Waals surface area contributed by atoms with Gasteiger partial charge in [-0.3, -0.25) is 0 Å². The maximum Gasteiger partial charge on any atom is 0.393 e. The highest BCUT2D eigenvalue weighted by molar-refractivity contribution is 4.85. The standard InChI is InChI=1S/C6H11F3N2/c7-6(8,9)5-3-11-2-4(5)1-10/h4-5,11H,1-3,10H2/t4-,5-/m0/s1. The molecule has 1 aliphatic heterocycles. The average molecular weight is 168 g/mol. The lowest BCUT2D eigenvalue weighted by Gasteiger charge is -2.19. The number of rotatable bonds is 1. The third-order valence-corrected chi connectivity index (χ3v) is 2.06. The van der Waals surface area contributed by atoms with Crippen molar-refractivity contribution in [2.24, 2.45) is 17.6 Å². The smallest absolute Gasteiger partial charge is 0.330 e. The van der Waals surface area contributed by atoms with E-state index >= 15 is 0 Å². The van der Waals surface area contributed by atoms with Crippen LogP contribution in [-0.4, -0.2) is 25.8 Å². The molecule has 0 radical (unpaired) electrons. The second-order valence-electron chi connectivity index (χ2n) is 2.80. The van der Waals surface area contributed by atoms with Crippen LogP contribution in [0.25, 0.3) is 0 Å². The van der Waals surface area contributed by atoms with Crippen molar-refractivity contribution >= 4 is 0 Å². The number of nitrogens with one attached hydrogen (secondary N) is 1. The molecule has 0 aliphatic carbocycles. The van der Waals surface area contributed by atoms with Crippen LogP contribution in [0.2, 0.25) is 0 Å². The van der Waals surface area contributed by atoms with Crippen molar-refractivity contribution in [3.8, 4) is 0 Å². The molecule has 1 aliphatic rings. The summed E-state index contributed by atoms with van der Waals surface area (Å²) in [6, 6.07) is 0. The van der Waals surface area contributed by atoms with Crippen molar-refractivity contribution < 1.29 is 13.2 Å². The summed E-state index contributed by atoms with van der Waals surface area (Å²) in [6.45, 7) is 0.517. The van der Waals surface area contributed by atoms with E-state index < -0.39 is 18.0 Å². The van der Waals surface area contributed by atoms with E-state index in [1.165, 1.54) is 0 Å². The monoisotopic (exact) mass is 168 g/mol. The molecule has 11 heavy (non-hydrogen) atoms. The zero-order valence-electron chi connectivity index (χ0n) is 5.99. The fourth-order valence-corrected chi connectivity index (χ4v) is 1.36. The molecule has 2 nitrogen and oxygen atoms in total. The fourth-order valence-electron chi connectivity index (χ4n) is 1.36. The lowest BCUT2D eigenvalue weighted by Crippen LogP contribution is -2.33. The molecule has 2 atom stereocenters. The zero-order valence-corrected chi connectivity index (χ0v) is 5.99. The summed E-state index contributed by atoms with van der Waals surface area (Å²) in [6.07, 6.45) is -4.09. The Labute approximate surface area is 62.9 Å². The van der Waals surface area contributed by atoms with Gasteiger partial charge in [-0.25, -0.2) is 0 Å². The maximum atomic E-state index is 12.1. The molecule has 0 unspecified atom stereocenters. The minimum absolute atomic E-state index is 0.0192. The van der Waals surface area contributed by atoms with Gasteiger partial charge in [0.1, 0.15) is 0 Å². The summed E-state index contributed by atoms with van der Waals surface area (Å²) >= 11 is 0. The molecule has 66 valence electrons. The molecule has 0 aromatic rings. The third-order valence-electron chi connectivity index (χ3n) is 2.06. The summed E-state index contributed by atoms with van der Waals surface area (Å²) < 4.78 is 36.3. The van der Waals surface area contributed by atoms with Crippen molar-refractivity contribution in [1.29, 1.82) is 0 Å². The summed E-state index contributed by atoms with van der Waals surface area (Å²) in [7, 11) is 0. The van der Waals surface area contributed by atoms with Gasteiger partial charge in [-0.05, 0) is 19.0 Å². The van der Waals surface area contributed by atoms with Gasteiger partial charge in [0, 0.05) is 6.54 Å². The normalized spacial score (nSPS) is 32.7. The quantitative estimate of drug-likeness (QED) is 0.592. The fraction of sp³-hybridized carbons (Fsp3) is 1.00. The van der Waals surface area contributed by atoms with E-state index in [9.17, 15) is 13.2 Å². The summed E-state index contributed by atoms with van der Waals surface area (Å²) in [4.78, 5) is 0. The topological polar surface area (TPSA) is 38.0 Å². The first-order valence-electron chi connectivity index (χ1n) is 3.53. The number of hydrogen-bond acceptors (Lipinski definition) is 2. The van der Waals surface area contributed by atoms with Crippen molar-refractivity contribution in [2.45, 2.75) is 6.18 Å². The minimum Gasteiger partial charge on any atom is -0.330 e. The maximum absolute atomic E-state index is 12.1. The van der Waals surface area contributed by atoms with Gasteiger partial charge in [-0.1, -0.05) is 0 Å². The molecule has 1 saturated heterocycles. The second-order valence-corrected chi connectivity index (χ2v) is 2.80. The van der Waals surface area contributed by atoms with E-state index in [1.807, 2.05) is 0 Å². The van der Waals surface area contributed by atoms with Gasteiger partial charge in [-0.15, -0.1) is 0 Å². The van der Waals surface area contributed by atoms with E-state index in [0.29, 0.717) is 6.54 Å². The molecule has 0 saturated carbocycles. The van der Waals surface area contributed by atoms with Gasteiger partial charge in [-0.2, -0.15) is 13.2 Å². The van der Waals surface area contributed by atoms with Crippen molar-refractivity contribution in [2.75, 3.05) is 19.6 Å². The van der Waals surface area contributed by atoms with Crippen LogP contribution in [-0.2, 0) is 0 Å². The Morgan fingerprint density at radius 2 is 2.00 bits per heavy atom. The van der Waals surface area contributed by atoms with Gasteiger partial charge in [0.05, 0.1) is 5.92 Å². The molecule has 0 aromatic heterocycles. The van der Waals surface area contributed by atoms with Crippen LogP contribution in [0.15, 0.2) is 0 Å². The zero-order chi connectivity index (χ0) is 8.48. The first-order chi connectivity index (χ1) is 5.05. The molecule has 1 fully saturated rings. The van der Waals surface area contributed by atoms with Crippen LogP contribution in [0.5, 0.6) is 0 Å². The number of nitrogens with two attached hydrogens (primary N) is 1. The van der Waals surface area contributed by atoms with Gasteiger partial charge in [0.15, 0.2) is 0 Å². The van der Waals surface area contributed by atoms with Crippen LogP contribution in [0.1, 0.15) is 0 Å². The van der Waals surface area contributed by atoms with Gasteiger partial charge < -0.3 is 11.1 Å². The molecular formula is C6H11F3N2. The summed E-state index contributed by atoms with van der Waals surface area (Å²) in [5.74, 6) is -1.68. The Hall–Kier alpha value is -0.290. The Balaban J connectivity index is 2.57. The first kappa shape index (κ1) is 8.80. The highest BCUT2D eigenvalue weighted by Crippen LogP contribution is 2.33. The summed E-state index contributed by atoms with van der Waals surface area (Å²) in [5, 5.41) is 2.68. The molecule has 0 aromatic carbocycles. The van der Waals surface area contributed by atoms with E-state index in [2.05, 4.69) is 5.32 Å². The van der Waals surface area contributed by atoms with E-state index in [1.54, 1.807) is 0 Å². The molecule has 0 spiro atoms. The molecule has 0 amide bonds. The highest BCUT2D eigenvalue weighted by Gasteiger charge is 2.46. The van der Waals surface area contributed by atoms with Crippen molar-refractivity contribution in [3.63, 3.8) is 0 Å². The van der Waals surface area contributed by atoms with E-state index in [-0.39, 0.29) is 13.1 Å². The predicted molar refractivity (Wildman–Crippen MR) is 35.0 cm³/mol. The van der Waals surface area contributed by atoms with Crippen LogP contribution >= 0.6 is 0 Å². The van der Waals surface area contributed by atoms with E-state index in [4.69, 9.17) is 5.73 Å². The van der Waals surface area contributed by atoms with Gasteiger partial charge >= 0.3 is 6.18 Å². The largest absolute Gasteiger partial charge is 0.393 e. The molecule has 3 N–H and O–H groups in total. The van der Waals surface area contributed by atoms with Crippen molar-refractivity contribution in [3.05, 3.63) is 0 Å². The number of alkyl halides is 3. The van der Waals surface area contributed by atoms with Crippen LogP contribution < -0.4 is 11.1 Å². The molecule has 1 rings (SSSR count). The Morgan fingerprint density at radius 3 is 2.36 bits per heavy atom. The Kier molecular flexibility index (Phi) is 2.39. The average Bonchev–Trinajstić information content (AvgIpc) is 2.31. The third kappa shape index (κ3) is 1.84. The number of halogens is 3. The van der Waals surface area contributed by atoms with Crippen LogP contribution in [0, 0.1) is 11.8 Å². The Bertz CT molecular complexity index is 134. The van der Waals surface area contributed by atoms with E-state index in [0.717, 1.165) is 0 Å². The first-order valence-corrected chi connectivity index (χ1v) is 3.53. The van der Waals surface area contributed by atoms with Crippen LogP contribution in [0.4, 0.5) is 13.2 Å². The second kappa shape index (κ2) is 2.98. The minimum atomic E-state index is -4.09. The number of hydrogen-bond donors (Lipinski definition) is 2. The molecule has 1 heterocycles. The summed E-state index contributed by atoms with van der Waals surface area (Å²) in [5.41, 5.74) is 5.18.